The number of aromatic nitrogens is 1. The maximum Gasteiger partial charge on any atom is 0.389 e. The number of amides is 1. The van der Waals surface area contributed by atoms with E-state index < -0.39 is 12.6 Å². The molecule has 1 aliphatic rings. The smallest absolute Gasteiger partial charge is 0.389 e. The molecule has 1 heterocycles. The molecule has 0 bridgehead atoms. The van der Waals surface area contributed by atoms with E-state index in [1.807, 2.05) is 0 Å². The number of halogens is 3. The summed E-state index contributed by atoms with van der Waals surface area (Å²) in [5.41, 5.74) is 6.56. The van der Waals surface area contributed by atoms with Crippen LogP contribution >= 0.6 is 0 Å². The van der Waals surface area contributed by atoms with E-state index in [9.17, 15) is 18.0 Å². The minimum absolute atomic E-state index is 0.00803. The zero-order chi connectivity index (χ0) is 14.0. The lowest BCUT2D eigenvalue weighted by atomic mass is 10.3. The quantitative estimate of drug-likeness (QED) is 0.811. The third kappa shape index (κ3) is 3.90. The third-order valence-corrected chi connectivity index (χ3v) is 2.97. The van der Waals surface area contributed by atoms with Crippen molar-refractivity contribution in [1.29, 1.82) is 0 Å². The van der Waals surface area contributed by atoms with E-state index in [4.69, 9.17) is 5.73 Å². The van der Waals surface area contributed by atoms with E-state index >= 15 is 0 Å². The van der Waals surface area contributed by atoms with E-state index in [0.29, 0.717) is 17.4 Å². The summed E-state index contributed by atoms with van der Waals surface area (Å²) in [7, 11) is 0. The van der Waals surface area contributed by atoms with Gasteiger partial charge in [-0.3, -0.25) is 4.79 Å². The molecule has 1 amide bonds. The van der Waals surface area contributed by atoms with Crippen molar-refractivity contribution in [1.82, 2.24) is 9.88 Å². The highest BCUT2D eigenvalue weighted by Gasteiger charge is 2.28. The molecule has 1 aliphatic carbocycles. The zero-order valence-electron chi connectivity index (χ0n) is 10.3. The highest BCUT2D eigenvalue weighted by Crippen LogP contribution is 2.37. The van der Waals surface area contributed by atoms with Crippen LogP contribution in [0.4, 0.5) is 18.9 Å². The molecule has 0 saturated heterocycles. The van der Waals surface area contributed by atoms with E-state index in [2.05, 4.69) is 5.32 Å². The van der Waals surface area contributed by atoms with Crippen molar-refractivity contribution in [2.24, 2.45) is 0 Å². The summed E-state index contributed by atoms with van der Waals surface area (Å²) >= 11 is 0. The van der Waals surface area contributed by atoms with Gasteiger partial charge in [0.15, 0.2) is 0 Å². The molecule has 7 heteroatoms. The van der Waals surface area contributed by atoms with Crippen LogP contribution in [-0.2, 0) is 0 Å². The van der Waals surface area contributed by atoms with Crippen molar-refractivity contribution in [2.45, 2.75) is 37.9 Å². The number of nitrogens with two attached hydrogens (primary N) is 1. The molecule has 2 rings (SSSR count). The maximum absolute atomic E-state index is 12.0. The summed E-state index contributed by atoms with van der Waals surface area (Å²) in [6, 6.07) is 1.85. The van der Waals surface area contributed by atoms with Gasteiger partial charge in [0, 0.05) is 25.2 Å². The number of nitrogens with one attached hydrogen (secondary N) is 1. The predicted molar refractivity (Wildman–Crippen MR) is 64.7 cm³/mol. The Morgan fingerprint density at radius 3 is 2.74 bits per heavy atom. The lowest BCUT2D eigenvalue weighted by Crippen LogP contribution is -2.27. The Bertz CT molecular complexity index is 463. The number of hydrogen-bond acceptors (Lipinski definition) is 2. The van der Waals surface area contributed by atoms with Crippen molar-refractivity contribution in [3.63, 3.8) is 0 Å². The Hall–Kier alpha value is -1.66. The number of anilines is 1. The average Bonchev–Trinajstić information content (AvgIpc) is 3.06. The molecule has 1 saturated carbocycles. The van der Waals surface area contributed by atoms with Gasteiger partial charge >= 0.3 is 6.18 Å². The number of rotatable bonds is 5. The summed E-state index contributed by atoms with van der Waals surface area (Å²) in [5, 5.41) is 2.49. The summed E-state index contributed by atoms with van der Waals surface area (Å²) in [6.07, 6.45) is -1.48. The van der Waals surface area contributed by atoms with Crippen LogP contribution in [0.3, 0.4) is 0 Å². The van der Waals surface area contributed by atoms with E-state index in [1.54, 1.807) is 16.8 Å². The highest BCUT2D eigenvalue weighted by molar-refractivity contribution is 5.93. The molecule has 3 N–H and O–H groups in total. The standard InChI is InChI=1S/C12H16F3N3O/c13-12(14,15)4-1-5-17-11(19)10-6-8(16)7-18(10)9-2-3-9/h6-7,9H,1-5,16H2,(H,17,19). The van der Waals surface area contributed by atoms with Crippen LogP contribution in [0.15, 0.2) is 12.3 Å². The van der Waals surface area contributed by atoms with Gasteiger partial charge in [0.2, 0.25) is 0 Å². The fraction of sp³-hybridized carbons (Fsp3) is 0.583. The molecule has 0 atom stereocenters. The molecule has 19 heavy (non-hydrogen) atoms. The summed E-state index contributed by atoms with van der Waals surface area (Å²) in [6.45, 7) is 0.00803. The lowest BCUT2D eigenvalue weighted by Gasteiger charge is -2.09. The Kier molecular flexibility index (Phi) is 3.73. The van der Waals surface area contributed by atoms with Gasteiger partial charge in [-0.2, -0.15) is 13.2 Å². The normalized spacial score (nSPS) is 15.5. The van der Waals surface area contributed by atoms with Gasteiger partial charge in [-0.05, 0) is 25.3 Å². The Morgan fingerprint density at radius 1 is 1.47 bits per heavy atom. The Balaban J connectivity index is 1.86. The van der Waals surface area contributed by atoms with Gasteiger partial charge in [-0.15, -0.1) is 0 Å². The van der Waals surface area contributed by atoms with Gasteiger partial charge in [0.05, 0.1) is 5.69 Å². The summed E-state index contributed by atoms with van der Waals surface area (Å²) in [4.78, 5) is 11.9. The zero-order valence-corrected chi connectivity index (χ0v) is 10.3. The number of hydrogen-bond donors (Lipinski definition) is 2. The van der Waals surface area contributed by atoms with Gasteiger partial charge in [0.25, 0.3) is 5.91 Å². The second-order valence-electron chi connectivity index (χ2n) is 4.77. The lowest BCUT2D eigenvalue weighted by molar-refractivity contribution is -0.135. The second-order valence-corrected chi connectivity index (χ2v) is 4.77. The minimum Gasteiger partial charge on any atom is -0.397 e. The number of alkyl halides is 3. The summed E-state index contributed by atoms with van der Waals surface area (Å²) < 4.78 is 37.7. The maximum atomic E-state index is 12.0. The van der Waals surface area contributed by atoms with Crippen molar-refractivity contribution in [3.8, 4) is 0 Å². The Morgan fingerprint density at radius 2 is 2.16 bits per heavy atom. The first kappa shape index (κ1) is 13.8. The monoisotopic (exact) mass is 275 g/mol. The van der Waals surface area contributed by atoms with Gasteiger partial charge in [-0.1, -0.05) is 0 Å². The van der Waals surface area contributed by atoms with E-state index in [1.165, 1.54) is 0 Å². The number of carbonyl (C=O) groups excluding carboxylic acids is 1. The molecule has 0 spiro atoms. The van der Waals surface area contributed by atoms with Gasteiger partial charge in [0.1, 0.15) is 5.69 Å². The van der Waals surface area contributed by atoms with Gasteiger partial charge in [-0.25, -0.2) is 0 Å². The van der Waals surface area contributed by atoms with E-state index in [0.717, 1.165) is 12.8 Å². The van der Waals surface area contributed by atoms with Gasteiger partial charge < -0.3 is 15.6 Å². The molecular weight excluding hydrogens is 259 g/mol. The molecular formula is C12H16F3N3O. The number of nitrogen functional groups attached to an aromatic ring is 1. The topological polar surface area (TPSA) is 60.1 Å². The van der Waals surface area contributed by atoms with Crippen LogP contribution in [-0.4, -0.2) is 23.2 Å². The van der Waals surface area contributed by atoms with Crippen LogP contribution in [0.1, 0.15) is 42.2 Å². The molecule has 0 unspecified atom stereocenters. The van der Waals surface area contributed by atoms with Crippen molar-refractivity contribution >= 4 is 11.6 Å². The highest BCUT2D eigenvalue weighted by atomic mass is 19.4. The molecule has 0 aliphatic heterocycles. The molecule has 0 aromatic carbocycles. The second kappa shape index (κ2) is 5.14. The van der Waals surface area contributed by atoms with E-state index in [-0.39, 0.29) is 18.9 Å². The van der Waals surface area contributed by atoms with Crippen LogP contribution < -0.4 is 11.1 Å². The van der Waals surface area contributed by atoms with Crippen LogP contribution in [0.5, 0.6) is 0 Å². The molecule has 1 aromatic rings. The Labute approximate surface area is 108 Å². The fourth-order valence-electron chi connectivity index (χ4n) is 1.92. The molecule has 1 aromatic heterocycles. The average molecular weight is 275 g/mol. The predicted octanol–water partition coefficient (Wildman–Crippen LogP) is 2.48. The summed E-state index contributed by atoms with van der Waals surface area (Å²) in [5.74, 6) is -0.370. The number of nitrogens with zero attached hydrogens (tertiary/aromatic N) is 1. The minimum atomic E-state index is -4.18. The first-order valence-electron chi connectivity index (χ1n) is 6.19. The molecule has 0 radical (unpaired) electrons. The third-order valence-electron chi connectivity index (χ3n) is 2.97. The molecule has 4 nitrogen and oxygen atoms in total. The SMILES string of the molecule is Nc1cc(C(=O)NCCCC(F)(F)F)n(C2CC2)c1. The number of carbonyl (C=O) groups is 1. The van der Waals surface area contributed by atoms with Crippen molar-refractivity contribution in [3.05, 3.63) is 18.0 Å². The molecule has 1 fully saturated rings. The molecule has 106 valence electrons. The van der Waals surface area contributed by atoms with Crippen molar-refractivity contribution < 1.29 is 18.0 Å². The van der Waals surface area contributed by atoms with Crippen molar-refractivity contribution in [2.75, 3.05) is 12.3 Å². The van der Waals surface area contributed by atoms with Crippen LogP contribution in [0.2, 0.25) is 0 Å². The largest absolute Gasteiger partial charge is 0.397 e. The van der Waals surface area contributed by atoms with Crippen LogP contribution in [0, 0.1) is 0 Å². The van der Waals surface area contributed by atoms with Crippen LogP contribution in [0.25, 0.3) is 0 Å². The fourth-order valence-corrected chi connectivity index (χ4v) is 1.92. The first-order chi connectivity index (χ1) is 8.87. The first-order valence-corrected chi connectivity index (χ1v) is 6.19.